The normalized spacial score (nSPS) is 21.4. The largest absolute Gasteiger partial charge is 0.595 e. The summed E-state index contributed by atoms with van der Waals surface area (Å²) in [6, 6.07) is 6.62. The van der Waals surface area contributed by atoms with E-state index in [1.807, 2.05) is 6.07 Å². The van der Waals surface area contributed by atoms with E-state index in [0.29, 0.717) is 31.1 Å². The molecule has 3 aliphatic heterocycles. The van der Waals surface area contributed by atoms with Gasteiger partial charge in [0, 0.05) is 43.5 Å². The summed E-state index contributed by atoms with van der Waals surface area (Å²) in [6.07, 6.45) is 4.38. The van der Waals surface area contributed by atoms with Gasteiger partial charge in [-0.3, -0.25) is 14.4 Å². The summed E-state index contributed by atoms with van der Waals surface area (Å²) >= 11 is 0. The van der Waals surface area contributed by atoms with E-state index >= 15 is 0 Å². The first-order chi connectivity index (χ1) is 17.3. The van der Waals surface area contributed by atoms with Gasteiger partial charge in [-0.1, -0.05) is 0 Å². The average Bonchev–Trinajstić information content (AvgIpc) is 3.01. The van der Waals surface area contributed by atoms with Gasteiger partial charge in [-0.25, -0.2) is 5.21 Å². The highest BCUT2D eigenvalue weighted by Crippen LogP contribution is 2.36. The Labute approximate surface area is 207 Å². The van der Waals surface area contributed by atoms with E-state index < -0.39 is 10.8 Å². The summed E-state index contributed by atoms with van der Waals surface area (Å²) < 4.78 is 12.3. The van der Waals surface area contributed by atoms with E-state index in [0.717, 1.165) is 23.2 Å². The maximum Gasteiger partial charge on any atom is 0.315 e. The monoisotopic (exact) mass is 496 g/mol. The Kier molecular flexibility index (Phi) is 6.29. The molecule has 4 heterocycles. The summed E-state index contributed by atoms with van der Waals surface area (Å²) in [4.78, 5) is 42.1. The molecular formula is C25H28N4O7. The van der Waals surface area contributed by atoms with Crippen LogP contribution in [0, 0.1) is 11.1 Å². The first-order valence-corrected chi connectivity index (χ1v) is 11.8. The number of ether oxygens (including phenoxy) is 2. The number of hydrogen-bond donors (Lipinski definition) is 2. The molecular weight excluding hydrogens is 468 g/mol. The van der Waals surface area contributed by atoms with Crippen molar-refractivity contribution in [3.8, 4) is 11.5 Å². The Hall–Kier alpha value is -3.67. The lowest BCUT2D eigenvalue weighted by atomic mass is 9.83. The molecule has 1 unspecified atom stereocenters. The zero-order valence-electron chi connectivity index (χ0n) is 20.1. The minimum absolute atomic E-state index is 0.0431. The number of nitrogens with zero attached hydrogens (tertiary/aromatic N) is 3. The topological polar surface area (TPSA) is 129 Å². The van der Waals surface area contributed by atoms with Gasteiger partial charge in [-0.2, -0.15) is 5.23 Å². The number of aromatic nitrogens is 1. The van der Waals surface area contributed by atoms with E-state index in [9.17, 15) is 24.8 Å². The highest BCUT2D eigenvalue weighted by Gasteiger charge is 2.37. The van der Waals surface area contributed by atoms with Crippen LogP contribution in [-0.2, 0) is 22.6 Å². The molecule has 0 saturated carbocycles. The zero-order valence-corrected chi connectivity index (χ0v) is 20.1. The van der Waals surface area contributed by atoms with Gasteiger partial charge in [0.05, 0.1) is 20.6 Å². The van der Waals surface area contributed by atoms with Crippen molar-refractivity contribution in [2.24, 2.45) is 5.92 Å². The van der Waals surface area contributed by atoms with Gasteiger partial charge in [-0.05, 0) is 47.7 Å². The van der Waals surface area contributed by atoms with Crippen molar-refractivity contribution in [2.45, 2.75) is 25.3 Å². The number of methoxy groups -OCH3 is 2. The summed E-state index contributed by atoms with van der Waals surface area (Å²) in [7, 11) is 3.09. The molecule has 2 N–H and O–H groups in total. The third kappa shape index (κ3) is 4.25. The molecule has 36 heavy (non-hydrogen) atoms. The van der Waals surface area contributed by atoms with Crippen LogP contribution >= 0.6 is 0 Å². The third-order valence-electron chi connectivity index (χ3n) is 7.23. The molecule has 11 nitrogen and oxygen atoms in total. The Morgan fingerprint density at radius 1 is 1.14 bits per heavy atom. The number of likely N-dealkylation sites (tertiary alicyclic amines) is 1. The van der Waals surface area contributed by atoms with Crippen molar-refractivity contribution < 1.29 is 29.5 Å². The predicted molar refractivity (Wildman–Crippen MR) is 128 cm³/mol. The van der Waals surface area contributed by atoms with Crippen molar-refractivity contribution in [3.63, 3.8) is 0 Å². The average molecular weight is 497 g/mol. The highest BCUT2D eigenvalue weighted by molar-refractivity contribution is 5.89. The molecule has 2 bridgehead atoms. The van der Waals surface area contributed by atoms with Crippen molar-refractivity contribution in [1.82, 2.24) is 14.4 Å². The quantitative estimate of drug-likeness (QED) is 0.569. The van der Waals surface area contributed by atoms with Crippen LogP contribution < -0.4 is 20.3 Å². The van der Waals surface area contributed by atoms with Crippen LogP contribution in [0.1, 0.15) is 29.2 Å². The fourth-order valence-corrected chi connectivity index (χ4v) is 5.46. The van der Waals surface area contributed by atoms with Crippen LogP contribution in [0.3, 0.4) is 0 Å². The third-order valence-corrected chi connectivity index (χ3v) is 7.23. The van der Waals surface area contributed by atoms with Crippen LogP contribution in [0.15, 0.2) is 35.3 Å². The predicted octanol–water partition coefficient (Wildman–Crippen LogP) is 0.270. The summed E-state index contributed by atoms with van der Waals surface area (Å²) in [5.74, 6) is 0.727. The maximum absolute atomic E-state index is 13.3. The lowest BCUT2D eigenvalue weighted by Crippen LogP contribution is -3.00. The molecule has 0 spiro atoms. The fourth-order valence-electron chi connectivity index (χ4n) is 5.46. The van der Waals surface area contributed by atoms with Crippen LogP contribution in [0.4, 0.5) is 5.69 Å². The minimum Gasteiger partial charge on any atom is -0.595 e. The van der Waals surface area contributed by atoms with Crippen LogP contribution in [0.2, 0.25) is 0 Å². The van der Waals surface area contributed by atoms with Crippen LogP contribution in [0.25, 0.3) is 6.08 Å². The summed E-state index contributed by atoms with van der Waals surface area (Å²) in [5, 5.41) is 19.4. The van der Waals surface area contributed by atoms with Crippen molar-refractivity contribution in [1.29, 1.82) is 0 Å². The first kappa shape index (κ1) is 24.0. The molecule has 0 radical (unpaired) electrons. The molecule has 1 aromatic carbocycles. The minimum atomic E-state index is -1.24. The van der Waals surface area contributed by atoms with Gasteiger partial charge in [0.1, 0.15) is 6.54 Å². The van der Waals surface area contributed by atoms with Gasteiger partial charge in [0.15, 0.2) is 11.5 Å². The van der Waals surface area contributed by atoms with E-state index in [2.05, 4.69) is 0 Å². The molecule has 0 aliphatic carbocycles. The number of carbonyl (C=O) groups is 2. The number of rotatable bonds is 5. The number of pyridine rings is 1. The van der Waals surface area contributed by atoms with E-state index in [1.54, 1.807) is 41.0 Å². The second-order valence-electron chi connectivity index (χ2n) is 9.41. The number of amides is 2. The summed E-state index contributed by atoms with van der Waals surface area (Å²) in [5.41, 5.74) is 1.63. The zero-order chi connectivity index (χ0) is 25.6. The number of quaternary nitrogens is 1. The smallest absolute Gasteiger partial charge is 0.315 e. The Morgan fingerprint density at radius 2 is 1.89 bits per heavy atom. The Morgan fingerprint density at radius 3 is 2.61 bits per heavy atom. The van der Waals surface area contributed by atoms with Crippen molar-refractivity contribution >= 4 is 23.6 Å². The number of nitrogens with one attached hydrogen (secondary N) is 1. The van der Waals surface area contributed by atoms with Crippen LogP contribution in [0.5, 0.6) is 11.5 Å². The van der Waals surface area contributed by atoms with E-state index in [4.69, 9.17) is 9.47 Å². The molecule has 1 saturated heterocycles. The Bertz CT molecular complexity index is 1300. The fraction of sp³-hybridized carbons (Fsp3) is 0.400. The molecule has 3 aliphatic rings. The number of hydrogen-bond acceptors (Lipinski definition) is 7. The lowest BCUT2D eigenvalue weighted by molar-refractivity contribution is -0.992. The molecule has 2 aromatic rings. The van der Waals surface area contributed by atoms with E-state index in [1.165, 1.54) is 18.1 Å². The van der Waals surface area contributed by atoms with Gasteiger partial charge < -0.3 is 29.0 Å². The van der Waals surface area contributed by atoms with Crippen molar-refractivity contribution in [3.05, 3.63) is 62.8 Å². The molecule has 1 aromatic heterocycles. The summed E-state index contributed by atoms with van der Waals surface area (Å²) in [6.45, 7) is 1.17. The van der Waals surface area contributed by atoms with Crippen molar-refractivity contribution in [2.75, 3.05) is 33.9 Å². The molecule has 2 amide bonds. The maximum atomic E-state index is 13.3. The van der Waals surface area contributed by atoms with Crippen LogP contribution in [-0.4, -0.2) is 65.2 Å². The SMILES string of the molecule is COc1cc2c(cc1OC)CC(=O)N(CC(=O)N1C[C@H]3C[C@@H](C1)c1ccc([NH+]([O-])O)c(=O)n1C3)C=C2. The van der Waals surface area contributed by atoms with Gasteiger partial charge in [-0.15, -0.1) is 0 Å². The second kappa shape index (κ2) is 9.41. The molecule has 3 atom stereocenters. The number of benzene rings is 1. The second-order valence-corrected chi connectivity index (χ2v) is 9.41. The molecule has 11 heteroatoms. The van der Waals surface area contributed by atoms with Gasteiger partial charge >= 0.3 is 5.56 Å². The highest BCUT2D eigenvalue weighted by atomic mass is 16.8. The lowest BCUT2D eigenvalue weighted by Gasteiger charge is -2.43. The molecule has 1 fully saturated rings. The number of piperidine rings is 1. The van der Waals surface area contributed by atoms with Gasteiger partial charge in [0.2, 0.25) is 17.5 Å². The first-order valence-electron chi connectivity index (χ1n) is 11.8. The standard InChI is InChI=1S/C25H28N4O7/c1-35-21-8-16-5-6-26(23(30)10-17(16)9-22(21)36-2)14-24(31)27-11-15-7-18(13-27)19-3-4-20(29(33)34)25(32)28(19)12-15/h3-6,8-9,15,18,29,33H,7,10-14H2,1-2H3/t15-,18+/m1/s1. The molecule has 190 valence electrons. The molecule has 5 rings (SSSR count). The van der Waals surface area contributed by atoms with Gasteiger partial charge in [0.25, 0.3) is 0 Å². The van der Waals surface area contributed by atoms with E-state index in [-0.39, 0.29) is 42.3 Å². The number of fused-ring (bicyclic) bond motifs is 5. The Balaban J connectivity index is 1.31. The number of carbonyl (C=O) groups excluding carboxylic acids is 2.